The number of carbonyl (C=O) groups excluding carboxylic acids is 2. The van der Waals surface area contributed by atoms with Crippen molar-refractivity contribution in [3.05, 3.63) is 23.8 Å². The molecular weight excluding hydrogens is 370 g/mol. The highest BCUT2D eigenvalue weighted by Gasteiger charge is 2.41. The van der Waals surface area contributed by atoms with E-state index >= 15 is 0 Å². The summed E-state index contributed by atoms with van der Waals surface area (Å²) in [4.78, 5) is 29.7. The predicted octanol–water partition coefficient (Wildman–Crippen LogP) is 1.64. The Kier molecular flexibility index (Phi) is 5.81. The lowest BCUT2D eigenvalue weighted by atomic mass is 10.1. The number of ether oxygens (including phenoxy) is 2. The van der Waals surface area contributed by atoms with Gasteiger partial charge in [0.2, 0.25) is 12.7 Å². The number of rotatable bonds is 3. The summed E-state index contributed by atoms with van der Waals surface area (Å²) < 4.78 is 10.7. The smallest absolute Gasteiger partial charge is 0.254 e. The molecule has 148 valence electrons. The fraction of sp³-hybridized carbons (Fsp3) is 0.579. The van der Waals surface area contributed by atoms with Crippen LogP contribution < -0.4 is 15.2 Å². The second kappa shape index (κ2) is 7.94. The molecule has 1 aromatic carbocycles. The lowest BCUT2D eigenvalue weighted by molar-refractivity contribution is -0.135. The predicted molar refractivity (Wildman–Crippen MR) is 102 cm³/mol. The number of hydrogen-bond donors (Lipinski definition) is 1. The minimum atomic E-state index is -0.383. The first-order valence-corrected chi connectivity index (χ1v) is 9.29. The molecule has 0 spiro atoms. The Labute approximate surface area is 165 Å². The van der Waals surface area contributed by atoms with Crippen molar-refractivity contribution < 1.29 is 19.1 Å². The molecule has 3 heterocycles. The van der Waals surface area contributed by atoms with E-state index in [0.717, 1.165) is 12.8 Å². The van der Waals surface area contributed by atoms with Gasteiger partial charge in [0.05, 0.1) is 0 Å². The number of carbonyl (C=O) groups is 2. The van der Waals surface area contributed by atoms with Gasteiger partial charge in [0, 0.05) is 24.7 Å². The van der Waals surface area contributed by atoms with E-state index in [1.54, 1.807) is 23.1 Å². The molecule has 0 aliphatic carbocycles. The quantitative estimate of drug-likeness (QED) is 0.840. The second-order valence-electron chi connectivity index (χ2n) is 7.40. The van der Waals surface area contributed by atoms with Gasteiger partial charge in [0.1, 0.15) is 6.04 Å². The van der Waals surface area contributed by atoms with Gasteiger partial charge < -0.3 is 25.0 Å². The molecule has 0 bridgehead atoms. The van der Waals surface area contributed by atoms with Crippen LogP contribution in [0.25, 0.3) is 0 Å². The number of benzene rings is 1. The highest BCUT2D eigenvalue weighted by atomic mass is 35.5. The number of nitrogens with zero attached hydrogens (tertiary/aromatic N) is 2. The molecule has 0 radical (unpaired) electrons. The van der Waals surface area contributed by atoms with Crippen LogP contribution in [-0.4, -0.2) is 60.1 Å². The van der Waals surface area contributed by atoms with Crippen LogP contribution in [0.2, 0.25) is 0 Å². The number of hydrogen-bond acceptors (Lipinski definition) is 5. The van der Waals surface area contributed by atoms with Gasteiger partial charge in [-0.05, 0) is 56.8 Å². The maximum Gasteiger partial charge on any atom is 0.254 e. The monoisotopic (exact) mass is 395 g/mol. The largest absolute Gasteiger partial charge is 0.454 e. The van der Waals surface area contributed by atoms with Crippen molar-refractivity contribution in [2.45, 2.75) is 38.3 Å². The summed E-state index contributed by atoms with van der Waals surface area (Å²) in [6.07, 6.45) is 2.49. The van der Waals surface area contributed by atoms with E-state index in [4.69, 9.17) is 15.2 Å². The summed E-state index contributed by atoms with van der Waals surface area (Å²) in [6.45, 7) is 4.13. The molecule has 2 N–H and O–H groups in total. The fourth-order valence-electron chi connectivity index (χ4n) is 4.27. The summed E-state index contributed by atoms with van der Waals surface area (Å²) >= 11 is 0. The van der Waals surface area contributed by atoms with Gasteiger partial charge in [-0.3, -0.25) is 9.59 Å². The van der Waals surface area contributed by atoms with E-state index in [-0.39, 0.29) is 43.1 Å². The lowest BCUT2D eigenvalue weighted by Gasteiger charge is -2.30. The molecule has 4 rings (SSSR count). The Hall–Kier alpha value is -1.99. The molecule has 0 aromatic heterocycles. The second-order valence-corrected chi connectivity index (χ2v) is 7.40. The molecule has 3 atom stereocenters. The van der Waals surface area contributed by atoms with Crippen LogP contribution in [0.4, 0.5) is 0 Å². The molecule has 7 nitrogen and oxygen atoms in total. The SMILES string of the molecule is CC1CC(CN)CN1C(=O)C1CCCN1C(=O)c1ccc2c(c1)OCO2.Cl. The normalized spacial score (nSPS) is 26.2. The fourth-order valence-corrected chi connectivity index (χ4v) is 4.27. The van der Waals surface area contributed by atoms with Gasteiger partial charge in [-0.25, -0.2) is 0 Å². The van der Waals surface area contributed by atoms with Gasteiger partial charge in [0.15, 0.2) is 11.5 Å². The minimum Gasteiger partial charge on any atom is -0.454 e. The van der Waals surface area contributed by atoms with Gasteiger partial charge >= 0.3 is 0 Å². The van der Waals surface area contributed by atoms with Crippen LogP contribution >= 0.6 is 12.4 Å². The van der Waals surface area contributed by atoms with Crippen LogP contribution in [0.15, 0.2) is 18.2 Å². The van der Waals surface area contributed by atoms with E-state index in [0.29, 0.717) is 49.0 Å². The van der Waals surface area contributed by atoms with Crippen molar-refractivity contribution in [2.24, 2.45) is 11.7 Å². The summed E-state index contributed by atoms with van der Waals surface area (Å²) in [7, 11) is 0. The zero-order valence-electron chi connectivity index (χ0n) is 15.4. The van der Waals surface area contributed by atoms with Gasteiger partial charge in [-0.1, -0.05) is 0 Å². The number of likely N-dealkylation sites (tertiary alicyclic amines) is 2. The van der Waals surface area contributed by atoms with Crippen LogP contribution in [0.5, 0.6) is 11.5 Å². The highest BCUT2D eigenvalue weighted by Crippen LogP contribution is 2.34. The Morgan fingerprint density at radius 1 is 1.22 bits per heavy atom. The Morgan fingerprint density at radius 2 is 2.00 bits per heavy atom. The van der Waals surface area contributed by atoms with E-state index in [1.165, 1.54) is 0 Å². The van der Waals surface area contributed by atoms with Crippen molar-refractivity contribution in [3.63, 3.8) is 0 Å². The third-order valence-corrected chi connectivity index (χ3v) is 5.70. The first-order valence-electron chi connectivity index (χ1n) is 9.29. The molecule has 2 saturated heterocycles. The molecular formula is C19H26ClN3O4. The van der Waals surface area contributed by atoms with Crippen LogP contribution in [-0.2, 0) is 4.79 Å². The van der Waals surface area contributed by atoms with E-state index in [2.05, 4.69) is 6.92 Å². The number of fused-ring (bicyclic) bond motifs is 1. The van der Waals surface area contributed by atoms with Crippen LogP contribution in [0.1, 0.15) is 36.5 Å². The van der Waals surface area contributed by atoms with Crippen molar-refractivity contribution in [2.75, 3.05) is 26.4 Å². The third-order valence-electron chi connectivity index (χ3n) is 5.70. The average molecular weight is 396 g/mol. The Bertz CT molecular complexity index is 729. The van der Waals surface area contributed by atoms with Crippen LogP contribution in [0, 0.1) is 5.92 Å². The first-order chi connectivity index (χ1) is 12.6. The molecule has 2 amide bonds. The topological polar surface area (TPSA) is 85.1 Å². The maximum absolute atomic E-state index is 13.1. The third kappa shape index (κ3) is 3.58. The summed E-state index contributed by atoms with van der Waals surface area (Å²) in [6, 6.07) is 4.98. The minimum absolute atomic E-state index is 0. The number of amides is 2. The summed E-state index contributed by atoms with van der Waals surface area (Å²) in [5.41, 5.74) is 6.31. The lowest BCUT2D eigenvalue weighted by Crippen LogP contribution is -2.49. The Morgan fingerprint density at radius 3 is 2.74 bits per heavy atom. The molecule has 2 fully saturated rings. The van der Waals surface area contributed by atoms with Crippen molar-refractivity contribution in [1.82, 2.24) is 9.80 Å². The van der Waals surface area contributed by atoms with Gasteiger partial charge in [-0.15, -0.1) is 12.4 Å². The molecule has 27 heavy (non-hydrogen) atoms. The van der Waals surface area contributed by atoms with Gasteiger partial charge in [0.25, 0.3) is 5.91 Å². The molecule has 0 saturated carbocycles. The van der Waals surface area contributed by atoms with E-state index < -0.39 is 0 Å². The van der Waals surface area contributed by atoms with Crippen molar-refractivity contribution >= 4 is 24.2 Å². The number of halogens is 1. The standard InChI is InChI=1S/C19H25N3O4.ClH/c1-12-7-13(9-20)10-22(12)19(24)15-3-2-6-21(15)18(23)14-4-5-16-17(8-14)26-11-25-16;/h4-5,8,12-13,15H,2-3,6-7,9-11,20H2,1H3;1H. The van der Waals surface area contributed by atoms with E-state index in [1.807, 2.05) is 4.90 Å². The Balaban J connectivity index is 0.00000210. The molecule has 3 aliphatic heterocycles. The summed E-state index contributed by atoms with van der Waals surface area (Å²) in [5, 5.41) is 0. The summed E-state index contributed by atoms with van der Waals surface area (Å²) in [5.74, 6) is 1.51. The zero-order chi connectivity index (χ0) is 18.3. The van der Waals surface area contributed by atoms with Crippen molar-refractivity contribution in [1.29, 1.82) is 0 Å². The average Bonchev–Trinajstić information content (AvgIpc) is 3.38. The molecule has 1 aromatic rings. The number of nitrogens with two attached hydrogens (primary N) is 1. The maximum atomic E-state index is 13.1. The zero-order valence-corrected chi connectivity index (χ0v) is 16.2. The molecule has 3 unspecified atom stereocenters. The molecule has 3 aliphatic rings. The first kappa shape index (κ1) is 19.8. The van der Waals surface area contributed by atoms with Crippen LogP contribution in [0.3, 0.4) is 0 Å². The van der Waals surface area contributed by atoms with Gasteiger partial charge in [-0.2, -0.15) is 0 Å². The van der Waals surface area contributed by atoms with Crippen molar-refractivity contribution in [3.8, 4) is 11.5 Å². The molecule has 8 heteroatoms. The highest BCUT2D eigenvalue weighted by molar-refractivity contribution is 5.98. The van der Waals surface area contributed by atoms with E-state index in [9.17, 15) is 9.59 Å².